The summed E-state index contributed by atoms with van der Waals surface area (Å²) in [5.74, 6) is 0. The van der Waals surface area contributed by atoms with E-state index in [0.29, 0.717) is 25.6 Å². The molecule has 17 heavy (non-hydrogen) atoms. The number of piperidine rings is 1. The predicted molar refractivity (Wildman–Crippen MR) is 65.4 cm³/mol. The van der Waals surface area contributed by atoms with Gasteiger partial charge in [-0.05, 0) is 25.9 Å². The molecule has 2 N–H and O–H groups in total. The van der Waals surface area contributed by atoms with Crippen LogP contribution in [0.2, 0.25) is 0 Å². The van der Waals surface area contributed by atoms with Gasteiger partial charge >= 0.3 is 0 Å². The van der Waals surface area contributed by atoms with Gasteiger partial charge in [0, 0.05) is 32.1 Å². The maximum atomic E-state index is 8.99. The van der Waals surface area contributed by atoms with Gasteiger partial charge in [0.15, 0.2) is 0 Å². The van der Waals surface area contributed by atoms with Crippen LogP contribution in [-0.4, -0.2) is 72.0 Å². The average molecular weight is 241 g/mol. The maximum absolute atomic E-state index is 8.99. The van der Waals surface area contributed by atoms with Gasteiger partial charge in [-0.25, -0.2) is 0 Å². The number of likely N-dealkylation sites (tertiary alicyclic amines) is 1. The molecular formula is C12H23N3O2. The summed E-state index contributed by atoms with van der Waals surface area (Å²) in [4.78, 5) is 4.48. The summed E-state index contributed by atoms with van der Waals surface area (Å²) < 4.78 is 0. The largest absolute Gasteiger partial charge is 0.395 e. The molecule has 1 fully saturated rings. The van der Waals surface area contributed by atoms with E-state index in [-0.39, 0.29) is 13.2 Å². The molecule has 0 unspecified atom stereocenters. The zero-order valence-corrected chi connectivity index (χ0v) is 10.4. The Labute approximate surface area is 103 Å². The number of aliphatic hydroxyl groups excluding tert-OH is 2. The number of nitrogens with zero attached hydrogens (tertiary/aromatic N) is 3. The lowest BCUT2D eigenvalue weighted by Gasteiger charge is -2.37. The topological polar surface area (TPSA) is 70.7 Å². The molecule has 0 aromatic heterocycles. The molecule has 0 saturated carbocycles. The van der Waals surface area contributed by atoms with E-state index in [1.807, 2.05) is 0 Å². The van der Waals surface area contributed by atoms with Crippen molar-refractivity contribution in [3.8, 4) is 6.07 Å². The summed E-state index contributed by atoms with van der Waals surface area (Å²) in [5.41, 5.74) is 0. The highest BCUT2D eigenvalue weighted by atomic mass is 16.3. The number of aliphatic hydroxyl groups is 2. The van der Waals surface area contributed by atoms with Gasteiger partial charge in [-0.2, -0.15) is 5.26 Å². The van der Waals surface area contributed by atoms with E-state index < -0.39 is 0 Å². The highest BCUT2D eigenvalue weighted by Crippen LogP contribution is 2.16. The standard InChI is InChI=1S/C12H23N3O2/c13-4-1-5-14-6-2-12(3-7-14)15(8-10-16)9-11-17/h12,16-17H,1-3,5-11H2. The second kappa shape index (κ2) is 8.43. The van der Waals surface area contributed by atoms with E-state index in [0.717, 1.165) is 32.5 Å². The first kappa shape index (κ1) is 14.4. The Morgan fingerprint density at radius 1 is 1.18 bits per heavy atom. The molecule has 1 aliphatic heterocycles. The van der Waals surface area contributed by atoms with E-state index in [4.69, 9.17) is 15.5 Å². The maximum Gasteiger partial charge on any atom is 0.0635 e. The summed E-state index contributed by atoms with van der Waals surface area (Å²) >= 11 is 0. The van der Waals surface area contributed by atoms with E-state index in [1.54, 1.807) is 0 Å². The minimum absolute atomic E-state index is 0.147. The molecular weight excluding hydrogens is 218 g/mol. The molecule has 5 nitrogen and oxygen atoms in total. The third-order valence-electron chi connectivity index (χ3n) is 3.39. The smallest absolute Gasteiger partial charge is 0.0635 e. The van der Waals surface area contributed by atoms with Crippen LogP contribution < -0.4 is 0 Å². The first-order chi connectivity index (χ1) is 8.31. The van der Waals surface area contributed by atoms with E-state index >= 15 is 0 Å². The van der Waals surface area contributed by atoms with Crippen molar-refractivity contribution >= 4 is 0 Å². The molecule has 0 bridgehead atoms. The molecule has 0 aliphatic carbocycles. The van der Waals surface area contributed by atoms with Crippen molar-refractivity contribution in [1.82, 2.24) is 9.80 Å². The van der Waals surface area contributed by atoms with Gasteiger partial charge in [0.1, 0.15) is 0 Å². The molecule has 98 valence electrons. The molecule has 1 aliphatic rings. The normalized spacial score (nSPS) is 18.5. The summed E-state index contributed by atoms with van der Waals surface area (Å²) in [6, 6.07) is 2.64. The van der Waals surface area contributed by atoms with Gasteiger partial charge in [0.25, 0.3) is 0 Å². The Kier molecular flexibility index (Phi) is 7.13. The molecule has 0 aromatic carbocycles. The van der Waals surface area contributed by atoms with Crippen molar-refractivity contribution in [2.45, 2.75) is 25.3 Å². The van der Waals surface area contributed by atoms with E-state index in [2.05, 4.69) is 15.9 Å². The second-order valence-corrected chi connectivity index (χ2v) is 4.46. The van der Waals surface area contributed by atoms with Gasteiger partial charge in [-0.3, -0.25) is 4.90 Å². The highest BCUT2D eigenvalue weighted by molar-refractivity contribution is 4.81. The van der Waals surface area contributed by atoms with Crippen LogP contribution in [0.15, 0.2) is 0 Å². The molecule has 5 heteroatoms. The zero-order valence-electron chi connectivity index (χ0n) is 10.4. The predicted octanol–water partition coefficient (Wildman–Crippen LogP) is -0.349. The van der Waals surface area contributed by atoms with Gasteiger partial charge < -0.3 is 15.1 Å². The summed E-state index contributed by atoms with van der Waals surface area (Å²) in [6.07, 6.45) is 2.72. The van der Waals surface area contributed by atoms with E-state index in [1.165, 1.54) is 0 Å². The fourth-order valence-electron chi connectivity index (χ4n) is 2.45. The number of hydrogen-bond acceptors (Lipinski definition) is 5. The number of hydrogen-bond donors (Lipinski definition) is 2. The van der Waals surface area contributed by atoms with Gasteiger partial charge in [-0.1, -0.05) is 0 Å². The Balaban J connectivity index is 2.30. The number of nitriles is 1. The Bertz CT molecular complexity index is 228. The summed E-state index contributed by atoms with van der Waals surface area (Å²) in [6.45, 7) is 4.47. The molecule has 1 saturated heterocycles. The quantitative estimate of drug-likeness (QED) is 0.637. The lowest BCUT2D eigenvalue weighted by atomic mass is 10.0. The Morgan fingerprint density at radius 2 is 1.76 bits per heavy atom. The molecule has 1 rings (SSSR count). The van der Waals surface area contributed by atoms with E-state index in [9.17, 15) is 0 Å². The van der Waals surface area contributed by atoms with Crippen molar-refractivity contribution in [2.24, 2.45) is 0 Å². The second-order valence-electron chi connectivity index (χ2n) is 4.46. The minimum Gasteiger partial charge on any atom is -0.395 e. The van der Waals surface area contributed by atoms with Crippen LogP contribution in [-0.2, 0) is 0 Å². The highest BCUT2D eigenvalue weighted by Gasteiger charge is 2.23. The van der Waals surface area contributed by atoms with Gasteiger partial charge in [-0.15, -0.1) is 0 Å². The molecule has 0 aromatic rings. The van der Waals surface area contributed by atoms with Crippen LogP contribution in [0.5, 0.6) is 0 Å². The van der Waals surface area contributed by atoms with Gasteiger partial charge in [0.2, 0.25) is 0 Å². The van der Waals surface area contributed by atoms with Crippen LogP contribution in [0.1, 0.15) is 19.3 Å². The monoisotopic (exact) mass is 241 g/mol. The Morgan fingerprint density at radius 3 is 2.24 bits per heavy atom. The van der Waals surface area contributed by atoms with Crippen molar-refractivity contribution < 1.29 is 10.2 Å². The average Bonchev–Trinajstić information content (AvgIpc) is 2.37. The summed E-state index contributed by atoms with van der Waals surface area (Å²) in [5, 5.41) is 26.5. The van der Waals surface area contributed by atoms with Crippen LogP contribution in [0, 0.1) is 11.3 Å². The fourth-order valence-corrected chi connectivity index (χ4v) is 2.45. The molecule has 0 spiro atoms. The SMILES string of the molecule is N#CCCN1CCC(N(CCO)CCO)CC1. The third-order valence-corrected chi connectivity index (χ3v) is 3.39. The van der Waals surface area contributed by atoms with Crippen molar-refractivity contribution in [1.29, 1.82) is 5.26 Å². The molecule has 0 radical (unpaired) electrons. The lowest BCUT2D eigenvalue weighted by molar-refractivity contribution is 0.0767. The minimum atomic E-state index is 0.147. The fraction of sp³-hybridized carbons (Fsp3) is 0.917. The molecule has 0 atom stereocenters. The molecule has 1 heterocycles. The van der Waals surface area contributed by atoms with Crippen molar-refractivity contribution in [3.05, 3.63) is 0 Å². The van der Waals surface area contributed by atoms with Crippen LogP contribution >= 0.6 is 0 Å². The van der Waals surface area contributed by atoms with Crippen LogP contribution in [0.25, 0.3) is 0 Å². The van der Waals surface area contributed by atoms with Crippen LogP contribution in [0.3, 0.4) is 0 Å². The van der Waals surface area contributed by atoms with Crippen molar-refractivity contribution in [3.63, 3.8) is 0 Å². The Hall–Kier alpha value is -0.670. The third kappa shape index (κ3) is 5.00. The zero-order chi connectivity index (χ0) is 12.5. The first-order valence-corrected chi connectivity index (χ1v) is 6.37. The lowest BCUT2D eigenvalue weighted by Crippen LogP contribution is -2.46. The number of rotatable bonds is 7. The van der Waals surface area contributed by atoms with Crippen molar-refractivity contribution in [2.75, 3.05) is 45.9 Å². The first-order valence-electron chi connectivity index (χ1n) is 6.37. The summed E-state index contributed by atoms with van der Waals surface area (Å²) in [7, 11) is 0. The van der Waals surface area contributed by atoms with Crippen LogP contribution in [0.4, 0.5) is 0 Å². The van der Waals surface area contributed by atoms with Gasteiger partial charge in [0.05, 0.1) is 19.3 Å². The molecule has 0 amide bonds.